The first-order valence-electron chi connectivity index (χ1n) is 13.4. The van der Waals surface area contributed by atoms with Gasteiger partial charge in [-0.2, -0.15) is 8.42 Å². The highest BCUT2D eigenvalue weighted by atomic mass is 32.2. The SMILES string of the molecule is O=C1[C@H]2[C@H](ON(c3ccccc3)[C@H]2c2ccccc2OS(=O)(=O)c2ccccc2)C(=O)N1c1cccc2ccccc12. The largest absolute Gasteiger partial charge is 0.379 e. The van der Waals surface area contributed by atoms with Crippen LogP contribution < -0.4 is 14.1 Å². The van der Waals surface area contributed by atoms with E-state index in [1.54, 1.807) is 60.7 Å². The normalized spacial score (nSPS) is 20.2. The van der Waals surface area contributed by atoms with Crippen molar-refractivity contribution in [2.24, 2.45) is 5.92 Å². The highest BCUT2D eigenvalue weighted by molar-refractivity contribution is 7.87. The molecular weight excluding hydrogens is 552 g/mol. The summed E-state index contributed by atoms with van der Waals surface area (Å²) >= 11 is 0. The van der Waals surface area contributed by atoms with Crippen molar-refractivity contribution in [2.45, 2.75) is 17.0 Å². The summed E-state index contributed by atoms with van der Waals surface area (Å²) < 4.78 is 32.1. The van der Waals surface area contributed by atoms with Crippen LogP contribution in [0.5, 0.6) is 5.75 Å². The molecule has 42 heavy (non-hydrogen) atoms. The first-order valence-corrected chi connectivity index (χ1v) is 14.8. The number of rotatable bonds is 6. The summed E-state index contributed by atoms with van der Waals surface area (Å²) in [4.78, 5) is 35.6. The molecule has 3 atom stereocenters. The molecule has 5 aromatic rings. The van der Waals surface area contributed by atoms with E-state index < -0.39 is 40.0 Å². The number of hydroxylamine groups is 1. The molecule has 9 heteroatoms. The highest BCUT2D eigenvalue weighted by Gasteiger charge is 2.61. The Labute approximate surface area is 242 Å². The molecule has 0 aliphatic carbocycles. The van der Waals surface area contributed by atoms with Crippen molar-refractivity contribution in [3.05, 3.63) is 133 Å². The van der Waals surface area contributed by atoms with Crippen LogP contribution in [0.15, 0.2) is 132 Å². The monoisotopic (exact) mass is 576 g/mol. The lowest BCUT2D eigenvalue weighted by atomic mass is 9.90. The fourth-order valence-electron chi connectivity index (χ4n) is 5.72. The molecule has 0 radical (unpaired) electrons. The van der Waals surface area contributed by atoms with Crippen LogP contribution in [-0.2, 0) is 24.5 Å². The van der Waals surface area contributed by atoms with Gasteiger partial charge in [-0.25, -0.2) is 9.96 Å². The van der Waals surface area contributed by atoms with Gasteiger partial charge < -0.3 is 4.18 Å². The van der Waals surface area contributed by atoms with Crippen LogP contribution in [0, 0.1) is 5.92 Å². The third-order valence-corrected chi connectivity index (χ3v) is 8.85. The smallest absolute Gasteiger partial charge is 0.339 e. The van der Waals surface area contributed by atoms with Gasteiger partial charge in [-0.05, 0) is 41.8 Å². The first kappa shape index (κ1) is 25.9. The minimum atomic E-state index is -4.19. The van der Waals surface area contributed by atoms with Crippen molar-refractivity contribution >= 4 is 44.1 Å². The number of nitrogens with zero attached hydrogens (tertiary/aromatic N) is 2. The van der Waals surface area contributed by atoms with Crippen LogP contribution in [-0.4, -0.2) is 26.3 Å². The van der Waals surface area contributed by atoms with E-state index >= 15 is 0 Å². The molecule has 2 amide bonds. The van der Waals surface area contributed by atoms with Gasteiger partial charge in [0.05, 0.1) is 17.4 Å². The average molecular weight is 577 g/mol. The van der Waals surface area contributed by atoms with Gasteiger partial charge in [-0.3, -0.25) is 14.4 Å². The lowest BCUT2D eigenvalue weighted by Gasteiger charge is -2.29. The quantitative estimate of drug-likeness (QED) is 0.190. The lowest BCUT2D eigenvalue weighted by molar-refractivity contribution is -0.126. The molecule has 0 N–H and O–H groups in total. The Morgan fingerprint density at radius 1 is 0.667 bits per heavy atom. The Balaban J connectivity index is 1.34. The number of carbonyl (C=O) groups is 2. The van der Waals surface area contributed by atoms with E-state index in [2.05, 4.69) is 0 Å². The lowest BCUT2D eigenvalue weighted by Crippen LogP contribution is -2.37. The fourth-order valence-corrected chi connectivity index (χ4v) is 6.70. The summed E-state index contributed by atoms with van der Waals surface area (Å²) in [6.45, 7) is 0. The van der Waals surface area contributed by atoms with Crippen molar-refractivity contribution in [3.63, 3.8) is 0 Å². The Bertz CT molecular complexity index is 1930. The maximum absolute atomic E-state index is 14.3. The van der Waals surface area contributed by atoms with E-state index in [4.69, 9.17) is 9.02 Å². The molecule has 8 nitrogen and oxygen atoms in total. The average Bonchev–Trinajstić information content (AvgIpc) is 3.53. The van der Waals surface area contributed by atoms with Crippen LogP contribution >= 0.6 is 0 Å². The number of imide groups is 1. The van der Waals surface area contributed by atoms with Gasteiger partial charge in [0.1, 0.15) is 16.6 Å². The van der Waals surface area contributed by atoms with Crippen molar-refractivity contribution in [2.75, 3.05) is 9.96 Å². The summed E-state index contributed by atoms with van der Waals surface area (Å²) in [5.74, 6) is -1.85. The van der Waals surface area contributed by atoms with Crippen molar-refractivity contribution in [1.29, 1.82) is 0 Å². The van der Waals surface area contributed by atoms with Gasteiger partial charge in [0.15, 0.2) is 6.10 Å². The van der Waals surface area contributed by atoms with E-state index in [1.165, 1.54) is 28.2 Å². The number of amides is 2. The zero-order chi connectivity index (χ0) is 28.8. The maximum Gasteiger partial charge on any atom is 0.339 e. The van der Waals surface area contributed by atoms with Crippen molar-refractivity contribution < 1.29 is 27.0 Å². The molecule has 208 valence electrons. The molecule has 0 unspecified atom stereocenters. The number of benzene rings is 5. The van der Waals surface area contributed by atoms with E-state index in [0.717, 1.165) is 10.8 Å². The van der Waals surface area contributed by atoms with E-state index in [0.29, 0.717) is 16.9 Å². The van der Waals surface area contributed by atoms with Crippen LogP contribution in [0.3, 0.4) is 0 Å². The Morgan fingerprint density at radius 3 is 2.10 bits per heavy atom. The topological polar surface area (TPSA) is 93.2 Å². The van der Waals surface area contributed by atoms with Crippen molar-refractivity contribution in [3.8, 4) is 5.75 Å². The van der Waals surface area contributed by atoms with Gasteiger partial charge in [0, 0.05) is 10.9 Å². The van der Waals surface area contributed by atoms with E-state index in [9.17, 15) is 18.0 Å². The minimum Gasteiger partial charge on any atom is -0.379 e. The predicted octanol–water partition coefficient (Wildman–Crippen LogP) is 5.66. The molecule has 2 heterocycles. The molecule has 2 aliphatic rings. The Hall–Kier alpha value is -4.99. The van der Waals surface area contributed by atoms with E-state index in [-0.39, 0.29) is 10.6 Å². The standard InChI is InChI=1S/C33H24N2O6S/c36-32-29-30(26-19-9-10-21-28(26)41-42(38,39)24-16-5-2-6-17-24)35(23-14-3-1-4-15-23)40-31(29)33(37)34(32)27-20-11-13-22-12-7-8-18-25(22)27/h1-21,29-31H/t29-,30+,31+/m1/s1. The van der Waals surface area contributed by atoms with Crippen LogP contribution in [0.25, 0.3) is 10.8 Å². The minimum absolute atomic E-state index is 0.00508. The summed E-state index contributed by atoms with van der Waals surface area (Å²) in [6, 6.07) is 35.7. The second kappa shape index (κ2) is 10.1. The molecule has 0 aromatic heterocycles. The summed E-state index contributed by atoms with van der Waals surface area (Å²) in [5.41, 5.74) is 1.48. The van der Waals surface area contributed by atoms with Gasteiger partial charge in [0.25, 0.3) is 5.91 Å². The van der Waals surface area contributed by atoms with Gasteiger partial charge >= 0.3 is 10.1 Å². The third-order valence-electron chi connectivity index (χ3n) is 7.60. The zero-order valence-corrected chi connectivity index (χ0v) is 22.9. The number of hydrogen-bond donors (Lipinski definition) is 0. The molecule has 0 bridgehead atoms. The summed E-state index contributed by atoms with van der Waals surface area (Å²) in [5, 5.41) is 3.17. The first-order chi connectivity index (χ1) is 20.4. The van der Waals surface area contributed by atoms with Gasteiger partial charge in [0.2, 0.25) is 5.91 Å². The second-order valence-corrected chi connectivity index (χ2v) is 11.6. The molecule has 2 aliphatic heterocycles. The Morgan fingerprint density at radius 2 is 1.31 bits per heavy atom. The zero-order valence-electron chi connectivity index (χ0n) is 22.1. The van der Waals surface area contributed by atoms with Crippen LogP contribution in [0.2, 0.25) is 0 Å². The second-order valence-electron chi connectivity index (χ2n) is 10.1. The third kappa shape index (κ3) is 4.22. The predicted molar refractivity (Wildman–Crippen MR) is 157 cm³/mol. The fraction of sp³-hybridized carbons (Fsp3) is 0.0909. The van der Waals surface area contributed by atoms with Crippen molar-refractivity contribution in [1.82, 2.24) is 0 Å². The number of fused-ring (bicyclic) bond motifs is 2. The molecule has 2 fully saturated rings. The number of para-hydroxylation sites is 2. The summed E-state index contributed by atoms with van der Waals surface area (Å²) in [6.07, 6.45) is -1.12. The van der Waals surface area contributed by atoms with Crippen LogP contribution in [0.4, 0.5) is 11.4 Å². The molecule has 2 saturated heterocycles. The molecule has 0 spiro atoms. The summed E-state index contributed by atoms with van der Waals surface area (Å²) in [7, 11) is -4.19. The molecule has 5 aromatic carbocycles. The number of carbonyl (C=O) groups excluding carboxylic acids is 2. The molecule has 7 rings (SSSR count). The van der Waals surface area contributed by atoms with Crippen LogP contribution in [0.1, 0.15) is 11.6 Å². The highest BCUT2D eigenvalue weighted by Crippen LogP contribution is 2.50. The van der Waals surface area contributed by atoms with Gasteiger partial charge in [-0.15, -0.1) is 0 Å². The van der Waals surface area contributed by atoms with Gasteiger partial charge in [-0.1, -0.05) is 91.0 Å². The molecule has 0 saturated carbocycles. The Kier molecular flexibility index (Phi) is 6.26. The number of hydrogen-bond acceptors (Lipinski definition) is 7. The number of anilines is 2. The maximum atomic E-state index is 14.3. The van der Waals surface area contributed by atoms with E-state index in [1.807, 2.05) is 48.5 Å². The molecular formula is C33H24N2O6S.